The molecule has 0 N–H and O–H groups in total. The molecule has 0 radical (unpaired) electrons. The number of ether oxygens (including phenoxy) is 1. The quantitative estimate of drug-likeness (QED) is 0.639. The van der Waals surface area contributed by atoms with Gasteiger partial charge in [-0.3, -0.25) is 0 Å². The van der Waals surface area contributed by atoms with Gasteiger partial charge in [-0.15, -0.1) is 0 Å². The smallest absolute Gasteiger partial charge is 0.0506 e. The van der Waals surface area contributed by atoms with E-state index in [-0.39, 0.29) is 0 Å². The van der Waals surface area contributed by atoms with E-state index in [9.17, 15) is 0 Å². The van der Waals surface area contributed by atoms with E-state index in [2.05, 4.69) is 18.7 Å². The van der Waals surface area contributed by atoms with Gasteiger partial charge in [-0.25, -0.2) is 0 Å². The van der Waals surface area contributed by atoms with Gasteiger partial charge in [0.1, 0.15) is 0 Å². The predicted octanol–water partition coefficient (Wildman–Crippen LogP) is 1.75. The average Bonchev–Trinajstić information content (AvgIpc) is 2.15. The van der Waals surface area contributed by atoms with Gasteiger partial charge in [0.2, 0.25) is 0 Å². The number of rotatable bonds is 4. The number of hydrogen-bond acceptors (Lipinski definition) is 2. The van der Waals surface area contributed by atoms with Crippen LogP contribution < -0.4 is 0 Å². The van der Waals surface area contributed by atoms with Crippen LogP contribution in [0.25, 0.3) is 0 Å². The molecule has 12 heavy (non-hydrogen) atoms. The molecule has 1 saturated heterocycles. The van der Waals surface area contributed by atoms with E-state index in [4.69, 9.17) is 4.74 Å². The second kappa shape index (κ2) is 5.55. The van der Waals surface area contributed by atoms with E-state index in [0.717, 1.165) is 19.1 Å². The van der Waals surface area contributed by atoms with Gasteiger partial charge in [-0.05, 0) is 38.8 Å². The molecule has 0 aromatic rings. The number of likely N-dealkylation sites (tertiary alicyclic amines) is 1. The summed E-state index contributed by atoms with van der Waals surface area (Å²) in [5.74, 6) is 0.790. The van der Waals surface area contributed by atoms with Gasteiger partial charge in [0.25, 0.3) is 0 Å². The summed E-state index contributed by atoms with van der Waals surface area (Å²) in [5.41, 5.74) is 0. The Morgan fingerprint density at radius 1 is 1.42 bits per heavy atom. The molecular formula is C10H21NO. The van der Waals surface area contributed by atoms with E-state index >= 15 is 0 Å². The molecule has 0 aromatic carbocycles. The van der Waals surface area contributed by atoms with Gasteiger partial charge in [0, 0.05) is 13.2 Å². The van der Waals surface area contributed by atoms with Crippen molar-refractivity contribution in [1.29, 1.82) is 0 Å². The molecule has 1 fully saturated rings. The molecule has 1 unspecified atom stereocenters. The Morgan fingerprint density at radius 3 is 2.92 bits per heavy atom. The minimum atomic E-state index is 0.790. The molecule has 1 rings (SSSR count). The first-order valence-corrected chi connectivity index (χ1v) is 5.16. The van der Waals surface area contributed by atoms with E-state index in [1.807, 2.05) is 0 Å². The third-order valence-electron chi connectivity index (χ3n) is 2.61. The minimum absolute atomic E-state index is 0.790. The zero-order valence-corrected chi connectivity index (χ0v) is 8.38. The van der Waals surface area contributed by atoms with Crippen molar-refractivity contribution in [2.45, 2.75) is 26.7 Å². The van der Waals surface area contributed by atoms with Crippen molar-refractivity contribution in [2.75, 3.05) is 32.8 Å². The summed E-state index contributed by atoms with van der Waals surface area (Å²) in [6, 6.07) is 0. The van der Waals surface area contributed by atoms with Crippen LogP contribution in [0.1, 0.15) is 26.7 Å². The van der Waals surface area contributed by atoms with Gasteiger partial charge in [0.15, 0.2) is 0 Å². The van der Waals surface area contributed by atoms with Crippen LogP contribution in [0, 0.1) is 5.92 Å². The third-order valence-corrected chi connectivity index (χ3v) is 2.61. The van der Waals surface area contributed by atoms with E-state index < -0.39 is 0 Å². The summed E-state index contributed by atoms with van der Waals surface area (Å²) in [6.45, 7) is 9.87. The highest BCUT2D eigenvalue weighted by Gasteiger charge is 2.18. The molecule has 0 saturated carbocycles. The highest BCUT2D eigenvalue weighted by molar-refractivity contribution is 4.71. The Hall–Kier alpha value is -0.0800. The Bertz CT molecular complexity index is 116. The van der Waals surface area contributed by atoms with Crippen LogP contribution in [0.4, 0.5) is 0 Å². The van der Waals surface area contributed by atoms with Crippen molar-refractivity contribution in [2.24, 2.45) is 5.92 Å². The molecular weight excluding hydrogens is 150 g/mol. The predicted molar refractivity (Wildman–Crippen MR) is 51.3 cm³/mol. The first-order valence-electron chi connectivity index (χ1n) is 5.16. The molecule has 1 aliphatic heterocycles. The summed E-state index contributed by atoms with van der Waals surface area (Å²) in [7, 11) is 0. The molecule has 0 amide bonds. The molecule has 1 atom stereocenters. The van der Waals surface area contributed by atoms with Crippen LogP contribution in [0.3, 0.4) is 0 Å². The fourth-order valence-electron chi connectivity index (χ4n) is 1.86. The van der Waals surface area contributed by atoms with E-state index in [0.29, 0.717) is 0 Å². The van der Waals surface area contributed by atoms with Crippen LogP contribution in [0.5, 0.6) is 0 Å². The maximum Gasteiger partial charge on any atom is 0.0506 e. The van der Waals surface area contributed by atoms with Crippen molar-refractivity contribution in [3.8, 4) is 0 Å². The van der Waals surface area contributed by atoms with Gasteiger partial charge in [0.05, 0.1) is 6.61 Å². The molecule has 0 aromatic heterocycles. The van der Waals surface area contributed by atoms with Crippen molar-refractivity contribution >= 4 is 0 Å². The minimum Gasteiger partial charge on any atom is -0.381 e. The second-order valence-electron chi connectivity index (χ2n) is 3.56. The number of piperidine rings is 1. The second-order valence-corrected chi connectivity index (χ2v) is 3.56. The van der Waals surface area contributed by atoms with Gasteiger partial charge < -0.3 is 9.64 Å². The summed E-state index contributed by atoms with van der Waals surface area (Å²) < 4.78 is 5.44. The summed E-state index contributed by atoms with van der Waals surface area (Å²) in [4.78, 5) is 2.52. The Morgan fingerprint density at radius 2 is 2.25 bits per heavy atom. The first kappa shape index (κ1) is 10.0. The maximum atomic E-state index is 5.44. The van der Waals surface area contributed by atoms with Gasteiger partial charge >= 0.3 is 0 Å². The Balaban J connectivity index is 2.16. The summed E-state index contributed by atoms with van der Waals surface area (Å²) in [5, 5.41) is 0. The van der Waals surface area contributed by atoms with Crippen molar-refractivity contribution in [3.05, 3.63) is 0 Å². The molecule has 1 heterocycles. The highest BCUT2D eigenvalue weighted by Crippen LogP contribution is 2.15. The average molecular weight is 171 g/mol. The Labute approximate surface area is 75.9 Å². The lowest BCUT2D eigenvalue weighted by atomic mass is 9.99. The lowest BCUT2D eigenvalue weighted by Crippen LogP contribution is -2.36. The largest absolute Gasteiger partial charge is 0.381 e. The fourth-order valence-corrected chi connectivity index (χ4v) is 1.86. The Kier molecular flexibility index (Phi) is 4.62. The van der Waals surface area contributed by atoms with Crippen molar-refractivity contribution in [3.63, 3.8) is 0 Å². The molecule has 72 valence electrons. The molecule has 2 nitrogen and oxygen atoms in total. The van der Waals surface area contributed by atoms with Crippen LogP contribution >= 0.6 is 0 Å². The van der Waals surface area contributed by atoms with E-state index in [1.165, 1.54) is 32.5 Å². The van der Waals surface area contributed by atoms with Crippen LogP contribution in [-0.4, -0.2) is 37.7 Å². The van der Waals surface area contributed by atoms with Crippen LogP contribution in [0.2, 0.25) is 0 Å². The van der Waals surface area contributed by atoms with Crippen LogP contribution in [0.15, 0.2) is 0 Å². The highest BCUT2D eigenvalue weighted by atomic mass is 16.5. The van der Waals surface area contributed by atoms with E-state index in [1.54, 1.807) is 0 Å². The van der Waals surface area contributed by atoms with Crippen molar-refractivity contribution in [1.82, 2.24) is 4.90 Å². The number of nitrogens with zero attached hydrogens (tertiary/aromatic N) is 1. The van der Waals surface area contributed by atoms with Gasteiger partial charge in [-0.1, -0.05) is 6.92 Å². The zero-order valence-electron chi connectivity index (χ0n) is 8.38. The lowest BCUT2D eigenvalue weighted by Gasteiger charge is -2.31. The topological polar surface area (TPSA) is 12.5 Å². The first-order chi connectivity index (χ1) is 5.86. The van der Waals surface area contributed by atoms with Gasteiger partial charge in [-0.2, -0.15) is 0 Å². The third kappa shape index (κ3) is 3.11. The molecule has 0 spiro atoms. The summed E-state index contributed by atoms with van der Waals surface area (Å²) >= 11 is 0. The normalized spacial score (nSPS) is 26.0. The SMILES string of the molecule is CCOCC1CCCN(CC)C1. The number of hydrogen-bond donors (Lipinski definition) is 0. The zero-order chi connectivity index (χ0) is 8.81. The molecule has 0 aliphatic carbocycles. The summed E-state index contributed by atoms with van der Waals surface area (Å²) in [6.07, 6.45) is 2.71. The molecule has 0 bridgehead atoms. The monoisotopic (exact) mass is 171 g/mol. The fraction of sp³-hybridized carbons (Fsp3) is 1.00. The lowest BCUT2D eigenvalue weighted by molar-refractivity contribution is 0.0689. The maximum absolute atomic E-state index is 5.44. The molecule has 1 aliphatic rings. The standard InChI is InChI=1S/C10H21NO/c1-3-11-7-5-6-10(8-11)9-12-4-2/h10H,3-9H2,1-2H3. The molecule has 2 heteroatoms. The van der Waals surface area contributed by atoms with Crippen molar-refractivity contribution < 1.29 is 4.74 Å². The van der Waals surface area contributed by atoms with Crippen LogP contribution in [-0.2, 0) is 4.74 Å².